The van der Waals surface area contributed by atoms with Crippen LogP contribution in [0.25, 0.3) is 0 Å². The first-order valence-electron chi connectivity index (χ1n) is 8.34. The molecule has 1 heterocycles. The zero-order valence-corrected chi connectivity index (χ0v) is 15.4. The Morgan fingerprint density at radius 2 is 2.05 bits per heavy atom. The van der Waals surface area contributed by atoms with Crippen LogP contribution in [-0.4, -0.2) is 62.5 Å². The number of hydrogen-bond donors (Lipinski definition) is 2. The van der Waals surface area contributed by atoms with E-state index in [9.17, 15) is 0 Å². The predicted octanol–water partition coefficient (Wildman–Crippen LogP) is 2.27. The maximum absolute atomic E-state index is 5.87. The van der Waals surface area contributed by atoms with Gasteiger partial charge in [0.2, 0.25) is 0 Å². The number of guanidine groups is 1. The summed E-state index contributed by atoms with van der Waals surface area (Å²) in [5.74, 6) is 0.899. The standard InChI is InChI=1S/C16H33N3O2S/c1-5-17-15(19-13-16(2,3)22-4)18-9-6-10-21-14-7-11-20-12-8-14/h14H,5-13H2,1-4H3,(H2,17,18,19). The highest BCUT2D eigenvalue weighted by molar-refractivity contribution is 7.99. The van der Waals surface area contributed by atoms with E-state index in [0.717, 1.165) is 64.7 Å². The van der Waals surface area contributed by atoms with Crippen molar-refractivity contribution < 1.29 is 9.47 Å². The monoisotopic (exact) mass is 331 g/mol. The Morgan fingerprint density at radius 3 is 2.68 bits per heavy atom. The van der Waals surface area contributed by atoms with Gasteiger partial charge in [-0.2, -0.15) is 11.8 Å². The Hall–Kier alpha value is -0.460. The summed E-state index contributed by atoms with van der Waals surface area (Å²) in [6, 6.07) is 0. The molecule has 1 aliphatic rings. The van der Waals surface area contributed by atoms with Crippen LogP contribution in [0.2, 0.25) is 0 Å². The van der Waals surface area contributed by atoms with Gasteiger partial charge in [0.1, 0.15) is 0 Å². The molecule has 1 saturated heterocycles. The van der Waals surface area contributed by atoms with Crippen molar-refractivity contribution in [3.05, 3.63) is 0 Å². The van der Waals surface area contributed by atoms with Crippen LogP contribution in [0.5, 0.6) is 0 Å². The van der Waals surface area contributed by atoms with E-state index in [1.54, 1.807) is 0 Å². The second kappa shape index (κ2) is 11.1. The second-order valence-corrected chi connectivity index (χ2v) is 7.64. The maximum atomic E-state index is 5.87. The van der Waals surface area contributed by atoms with Gasteiger partial charge in [-0.15, -0.1) is 0 Å². The molecule has 0 amide bonds. The van der Waals surface area contributed by atoms with Crippen LogP contribution in [0.4, 0.5) is 0 Å². The van der Waals surface area contributed by atoms with E-state index in [-0.39, 0.29) is 4.75 Å². The molecule has 0 spiro atoms. The molecular weight excluding hydrogens is 298 g/mol. The van der Waals surface area contributed by atoms with Gasteiger partial charge in [0.05, 0.1) is 12.6 Å². The van der Waals surface area contributed by atoms with Crippen molar-refractivity contribution in [3.63, 3.8) is 0 Å². The Morgan fingerprint density at radius 1 is 1.32 bits per heavy atom. The lowest BCUT2D eigenvalue weighted by Gasteiger charge is -2.22. The Labute approximate surface area is 140 Å². The number of nitrogens with zero attached hydrogens (tertiary/aromatic N) is 1. The Balaban J connectivity index is 2.18. The summed E-state index contributed by atoms with van der Waals surface area (Å²) in [4.78, 5) is 4.66. The molecule has 0 saturated carbocycles. The molecule has 6 heteroatoms. The van der Waals surface area contributed by atoms with Crippen molar-refractivity contribution >= 4 is 17.7 Å². The normalized spacial score (nSPS) is 17.5. The lowest BCUT2D eigenvalue weighted by molar-refractivity contribution is -0.0320. The molecule has 2 N–H and O–H groups in total. The molecule has 0 bridgehead atoms. The molecule has 130 valence electrons. The average molecular weight is 332 g/mol. The van der Waals surface area contributed by atoms with Crippen molar-refractivity contribution in [3.8, 4) is 0 Å². The Bertz CT molecular complexity index is 319. The molecule has 0 aliphatic carbocycles. The molecule has 5 nitrogen and oxygen atoms in total. The third-order valence-corrected chi connectivity index (χ3v) is 4.88. The summed E-state index contributed by atoms with van der Waals surface area (Å²) in [5.41, 5.74) is 0. The molecule has 0 aromatic heterocycles. The fourth-order valence-corrected chi connectivity index (χ4v) is 2.24. The number of rotatable bonds is 9. The summed E-state index contributed by atoms with van der Waals surface area (Å²) in [6.45, 7) is 11.6. The topological polar surface area (TPSA) is 54.9 Å². The average Bonchev–Trinajstić information content (AvgIpc) is 2.53. The minimum Gasteiger partial charge on any atom is -0.381 e. The first-order valence-corrected chi connectivity index (χ1v) is 9.56. The van der Waals surface area contributed by atoms with E-state index < -0.39 is 0 Å². The van der Waals surface area contributed by atoms with Crippen LogP contribution in [0.3, 0.4) is 0 Å². The first-order chi connectivity index (χ1) is 10.6. The zero-order chi connectivity index (χ0) is 16.3. The lowest BCUT2D eigenvalue weighted by Crippen LogP contribution is -2.39. The number of nitrogens with one attached hydrogen (secondary N) is 2. The van der Waals surface area contributed by atoms with E-state index in [2.05, 4.69) is 42.7 Å². The van der Waals surface area contributed by atoms with Gasteiger partial charge >= 0.3 is 0 Å². The van der Waals surface area contributed by atoms with Crippen LogP contribution in [0.1, 0.15) is 40.0 Å². The second-order valence-electron chi connectivity index (χ2n) is 6.12. The lowest BCUT2D eigenvalue weighted by atomic mass is 10.1. The van der Waals surface area contributed by atoms with Crippen molar-refractivity contribution in [1.82, 2.24) is 10.6 Å². The fraction of sp³-hybridized carbons (Fsp3) is 0.938. The van der Waals surface area contributed by atoms with Gasteiger partial charge in [0.25, 0.3) is 0 Å². The molecule has 1 rings (SSSR count). The summed E-state index contributed by atoms with van der Waals surface area (Å²) in [6.07, 6.45) is 5.57. The third-order valence-electron chi connectivity index (χ3n) is 3.65. The molecule has 1 fully saturated rings. The zero-order valence-electron chi connectivity index (χ0n) is 14.6. The molecule has 0 unspecified atom stereocenters. The van der Waals surface area contributed by atoms with Crippen LogP contribution in [-0.2, 0) is 9.47 Å². The van der Waals surface area contributed by atoms with Gasteiger partial charge in [0, 0.05) is 37.7 Å². The van der Waals surface area contributed by atoms with E-state index in [0.29, 0.717) is 6.10 Å². The van der Waals surface area contributed by atoms with Crippen molar-refractivity contribution in [2.24, 2.45) is 4.99 Å². The number of hydrogen-bond acceptors (Lipinski definition) is 4. The summed E-state index contributed by atoms with van der Waals surface area (Å²) in [7, 11) is 0. The minimum absolute atomic E-state index is 0.175. The summed E-state index contributed by atoms with van der Waals surface area (Å²) < 4.78 is 11.4. The van der Waals surface area contributed by atoms with Gasteiger partial charge in [-0.3, -0.25) is 4.99 Å². The number of thioether (sulfide) groups is 1. The molecule has 0 aromatic rings. The van der Waals surface area contributed by atoms with Crippen molar-refractivity contribution in [1.29, 1.82) is 0 Å². The molecule has 1 aliphatic heterocycles. The molecule has 0 radical (unpaired) electrons. The molecule has 0 aromatic carbocycles. The van der Waals surface area contributed by atoms with Crippen LogP contribution < -0.4 is 10.6 Å². The maximum Gasteiger partial charge on any atom is 0.191 e. The van der Waals surface area contributed by atoms with Gasteiger partial charge in [-0.05, 0) is 46.3 Å². The van der Waals surface area contributed by atoms with Crippen molar-refractivity contribution in [2.45, 2.75) is 50.9 Å². The van der Waals surface area contributed by atoms with E-state index in [1.807, 2.05) is 11.8 Å². The first kappa shape index (κ1) is 19.6. The van der Waals surface area contributed by atoms with E-state index in [4.69, 9.17) is 9.47 Å². The largest absolute Gasteiger partial charge is 0.381 e. The smallest absolute Gasteiger partial charge is 0.191 e. The third kappa shape index (κ3) is 8.86. The van der Waals surface area contributed by atoms with Gasteiger partial charge in [-0.1, -0.05) is 0 Å². The Kier molecular flexibility index (Phi) is 9.91. The quantitative estimate of drug-likeness (QED) is 0.386. The molecule has 0 atom stereocenters. The van der Waals surface area contributed by atoms with Crippen LogP contribution >= 0.6 is 11.8 Å². The summed E-state index contributed by atoms with van der Waals surface area (Å²) >= 11 is 1.84. The van der Waals surface area contributed by atoms with E-state index in [1.165, 1.54) is 0 Å². The van der Waals surface area contributed by atoms with Crippen LogP contribution in [0, 0.1) is 0 Å². The number of aliphatic imine (C=N–C) groups is 1. The summed E-state index contributed by atoms with van der Waals surface area (Å²) in [5, 5.41) is 6.67. The highest BCUT2D eigenvalue weighted by Gasteiger charge is 2.15. The van der Waals surface area contributed by atoms with Crippen LogP contribution in [0.15, 0.2) is 4.99 Å². The van der Waals surface area contributed by atoms with Gasteiger partial charge in [0.15, 0.2) is 5.96 Å². The highest BCUT2D eigenvalue weighted by Crippen LogP contribution is 2.20. The SMILES string of the molecule is CCNC(=NCC(C)(C)SC)NCCCOC1CCOCC1. The van der Waals surface area contributed by atoms with E-state index >= 15 is 0 Å². The van der Waals surface area contributed by atoms with Crippen molar-refractivity contribution in [2.75, 3.05) is 45.7 Å². The number of ether oxygens (including phenoxy) is 2. The van der Waals surface area contributed by atoms with Gasteiger partial charge < -0.3 is 20.1 Å². The molecule has 22 heavy (non-hydrogen) atoms. The fourth-order valence-electron chi connectivity index (χ4n) is 2.05. The highest BCUT2D eigenvalue weighted by atomic mass is 32.2. The predicted molar refractivity (Wildman–Crippen MR) is 96.0 cm³/mol. The minimum atomic E-state index is 0.175. The molecular formula is C16H33N3O2S. The van der Waals surface area contributed by atoms with Gasteiger partial charge in [-0.25, -0.2) is 0 Å².